The normalized spacial score (nSPS) is 15.9. The van der Waals surface area contributed by atoms with Crippen LogP contribution in [0.15, 0.2) is 48.5 Å². The monoisotopic (exact) mass is 424 g/mol. The standard InChI is InChI=1S/C23H25ClN4O2/c1-15-14-16(2)28(26-15)20-9-8-19(24)21(25-20)23(30)27-12-10-18(11-13-27)22(29)17-6-4-3-5-7-17/h3-9,14,18,22,29H,10-13H2,1-2H3. The molecule has 0 aliphatic carbocycles. The number of aryl methyl sites for hydroxylation is 2. The number of amides is 1. The molecule has 0 spiro atoms. The topological polar surface area (TPSA) is 71.2 Å². The molecule has 1 saturated heterocycles. The average Bonchev–Trinajstić information content (AvgIpc) is 3.11. The second-order valence-corrected chi connectivity index (χ2v) is 8.23. The van der Waals surface area contributed by atoms with Gasteiger partial charge in [0.15, 0.2) is 5.82 Å². The number of aliphatic hydroxyl groups is 1. The molecule has 0 saturated carbocycles. The molecule has 0 radical (unpaired) electrons. The number of benzene rings is 1. The summed E-state index contributed by atoms with van der Waals surface area (Å²) in [6, 6.07) is 15.1. The number of halogens is 1. The van der Waals surface area contributed by atoms with Crippen LogP contribution in [0.25, 0.3) is 5.82 Å². The first-order chi connectivity index (χ1) is 14.4. The number of hydrogen-bond donors (Lipinski definition) is 1. The Balaban J connectivity index is 1.48. The van der Waals surface area contributed by atoms with Crippen molar-refractivity contribution in [3.8, 4) is 5.82 Å². The molecule has 1 amide bonds. The number of carbonyl (C=O) groups is 1. The molecule has 0 bridgehead atoms. The van der Waals surface area contributed by atoms with Crippen molar-refractivity contribution in [2.75, 3.05) is 13.1 Å². The van der Waals surface area contributed by atoms with Gasteiger partial charge in [0.05, 0.1) is 16.8 Å². The van der Waals surface area contributed by atoms with Gasteiger partial charge in [-0.15, -0.1) is 0 Å². The second-order valence-electron chi connectivity index (χ2n) is 7.82. The van der Waals surface area contributed by atoms with E-state index < -0.39 is 6.10 Å². The quantitative estimate of drug-likeness (QED) is 0.683. The summed E-state index contributed by atoms with van der Waals surface area (Å²) in [6.45, 7) is 4.99. The maximum atomic E-state index is 13.1. The number of nitrogens with zero attached hydrogens (tertiary/aromatic N) is 4. The Bertz CT molecular complexity index is 1040. The third-order valence-corrected chi connectivity index (χ3v) is 5.98. The largest absolute Gasteiger partial charge is 0.388 e. The fraction of sp³-hybridized carbons (Fsp3) is 0.348. The average molecular weight is 425 g/mol. The number of piperidine rings is 1. The Hall–Kier alpha value is -2.70. The minimum Gasteiger partial charge on any atom is -0.388 e. The number of rotatable bonds is 4. The molecule has 30 heavy (non-hydrogen) atoms. The van der Waals surface area contributed by atoms with Gasteiger partial charge in [0.1, 0.15) is 5.69 Å². The number of pyridine rings is 1. The van der Waals surface area contributed by atoms with Crippen molar-refractivity contribution in [3.63, 3.8) is 0 Å². The highest BCUT2D eigenvalue weighted by molar-refractivity contribution is 6.33. The summed E-state index contributed by atoms with van der Waals surface area (Å²) in [6.07, 6.45) is 0.951. The van der Waals surface area contributed by atoms with E-state index in [1.807, 2.05) is 50.2 Å². The van der Waals surface area contributed by atoms with Crippen molar-refractivity contribution in [1.29, 1.82) is 0 Å². The maximum Gasteiger partial charge on any atom is 0.274 e. The van der Waals surface area contributed by atoms with Crippen LogP contribution >= 0.6 is 11.6 Å². The lowest BCUT2D eigenvalue weighted by Crippen LogP contribution is -2.40. The van der Waals surface area contributed by atoms with Gasteiger partial charge in [0.25, 0.3) is 5.91 Å². The first-order valence-corrected chi connectivity index (χ1v) is 10.5. The summed E-state index contributed by atoms with van der Waals surface area (Å²) in [5.74, 6) is 0.514. The SMILES string of the molecule is Cc1cc(C)n(-c2ccc(Cl)c(C(=O)N3CCC(C(O)c4ccccc4)CC3)n2)n1. The zero-order valence-electron chi connectivity index (χ0n) is 17.1. The van der Waals surface area contributed by atoms with Crippen LogP contribution in [0.1, 0.15) is 46.4 Å². The molecule has 1 atom stereocenters. The molecule has 156 valence electrons. The Labute approximate surface area is 181 Å². The number of aromatic nitrogens is 3. The van der Waals surface area contributed by atoms with E-state index in [0.29, 0.717) is 23.9 Å². The zero-order valence-corrected chi connectivity index (χ0v) is 17.9. The van der Waals surface area contributed by atoms with E-state index >= 15 is 0 Å². The summed E-state index contributed by atoms with van der Waals surface area (Å²) in [7, 11) is 0. The first kappa shape index (κ1) is 20.6. The molecule has 3 aromatic rings. The van der Waals surface area contributed by atoms with Gasteiger partial charge in [-0.25, -0.2) is 9.67 Å². The highest BCUT2D eigenvalue weighted by Crippen LogP contribution is 2.31. The second kappa shape index (κ2) is 8.58. The summed E-state index contributed by atoms with van der Waals surface area (Å²) in [4.78, 5) is 19.4. The maximum absolute atomic E-state index is 13.1. The lowest BCUT2D eigenvalue weighted by Gasteiger charge is -2.34. The van der Waals surface area contributed by atoms with Crippen LogP contribution in [0.5, 0.6) is 0 Å². The molecule has 1 N–H and O–H groups in total. The Kier molecular flexibility index (Phi) is 5.88. The number of carbonyl (C=O) groups excluding carboxylic acids is 1. The van der Waals surface area contributed by atoms with Crippen LogP contribution in [0.3, 0.4) is 0 Å². The van der Waals surface area contributed by atoms with E-state index in [4.69, 9.17) is 11.6 Å². The van der Waals surface area contributed by atoms with E-state index in [9.17, 15) is 9.90 Å². The lowest BCUT2D eigenvalue weighted by atomic mass is 9.87. The fourth-order valence-corrected chi connectivity index (χ4v) is 4.24. The van der Waals surface area contributed by atoms with Crippen LogP contribution in [0.4, 0.5) is 0 Å². The number of aliphatic hydroxyl groups excluding tert-OH is 1. The predicted molar refractivity (Wildman–Crippen MR) is 116 cm³/mol. The van der Waals surface area contributed by atoms with Gasteiger partial charge < -0.3 is 10.0 Å². The molecule has 6 nitrogen and oxygen atoms in total. The molecule has 1 fully saturated rings. The van der Waals surface area contributed by atoms with Crippen LogP contribution in [-0.2, 0) is 0 Å². The summed E-state index contributed by atoms with van der Waals surface area (Å²) in [5, 5.41) is 15.4. The summed E-state index contributed by atoms with van der Waals surface area (Å²) >= 11 is 6.32. The van der Waals surface area contributed by atoms with Crippen molar-refractivity contribution in [3.05, 3.63) is 76.2 Å². The lowest BCUT2D eigenvalue weighted by molar-refractivity contribution is 0.0458. The third kappa shape index (κ3) is 4.11. The highest BCUT2D eigenvalue weighted by atomic mass is 35.5. The van der Waals surface area contributed by atoms with Crippen LogP contribution in [0.2, 0.25) is 5.02 Å². The van der Waals surface area contributed by atoms with Crippen molar-refractivity contribution >= 4 is 17.5 Å². The molecule has 4 rings (SSSR count). The molecule has 1 aliphatic heterocycles. The van der Waals surface area contributed by atoms with Crippen LogP contribution < -0.4 is 0 Å². The minimum atomic E-state index is -0.514. The third-order valence-electron chi connectivity index (χ3n) is 5.67. The van der Waals surface area contributed by atoms with Crippen molar-refractivity contribution in [2.24, 2.45) is 5.92 Å². The van der Waals surface area contributed by atoms with Gasteiger partial charge in [-0.1, -0.05) is 41.9 Å². The molecule has 2 aromatic heterocycles. The van der Waals surface area contributed by atoms with E-state index in [2.05, 4.69) is 10.1 Å². The van der Waals surface area contributed by atoms with E-state index in [1.165, 1.54) is 0 Å². The van der Waals surface area contributed by atoms with Gasteiger partial charge in [-0.3, -0.25) is 4.79 Å². The van der Waals surface area contributed by atoms with Gasteiger partial charge in [-0.05, 0) is 56.4 Å². The van der Waals surface area contributed by atoms with E-state index in [0.717, 1.165) is 29.8 Å². The van der Waals surface area contributed by atoms with Crippen LogP contribution in [0, 0.1) is 19.8 Å². The molecule has 3 heterocycles. The van der Waals surface area contributed by atoms with E-state index in [-0.39, 0.29) is 17.5 Å². The summed E-state index contributed by atoms with van der Waals surface area (Å²) < 4.78 is 1.71. The molecule has 1 aromatic carbocycles. The predicted octanol–water partition coefficient (Wildman–Crippen LogP) is 4.12. The molecular formula is C23H25ClN4O2. The fourth-order valence-electron chi connectivity index (χ4n) is 4.05. The zero-order chi connectivity index (χ0) is 21.3. The smallest absolute Gasteiger partial charge is 0.274 e. The Morgan fingerprint density at radius 1 is 1.13 bits per heavy atom. The summed E-state index contributed by atoms with van der Waals surface area (Å²) in [5.41, 5.74) is 2.99. The van der Waals surface area contributed by atoms with Gasteiger partial charge in [0, 0.05) is 18.8 Å². The van der Waals surface area contributed by atoms with E-state index in [1.54, 1.807) is 21.7 Å². The van der Waals surface area contributed by atoms with Crippen LogP contribution in [-0.4, -0.2) is 43.8 Å². The van der Waals surface area contributed by atoms with Crippen molar-refractivity contribution < 1.29 is 9.90 Å². The first-order valence-electron chi connectivity index (χ1n) is 10.2. The van der Waals surface area contributed by atoms with Gasteiger partial charge in [0.2, 0.25) is 0 Å². The number of likely N-dealkylation sites (tertiary alicyclic amines) is 1. The molecule has 7 heteroatoms. The number of hydrogen-bond acceptors (Lipinski definition) is 4. The minimum absolute atomic E-state index is 0.126. The molecular weight excluding hydrogens is 400 g/mol. The van der Waals surface area contributed by atoms with Gasteiger partial charge >= 0.3 is 0 Å². The van der Waals surface area contributed by atoms with Crippen molar-refractivity contribution in [2.45, 2.75) is 32.8 Å². The molecule has 1 unspecified atom stereocenters. The Morgan fingerprint density at radius 3 is 2.47 bits per heavy atom. The van der Waals surface area contributed by atoms with Crippen molar-refractivity contribution in [1.82, 2.24) is 19.7 Å². The highest BCUT2D eigenvalue weighted by Gasteiger charge is 2.30. The molecule has 1 aliphatic rings. The van der Waals surface area contributed by atoms with Gasteiger partial charge in [-0.2, -0.15) is 5.10 Å². The Morgan fingerprint density at radius 2 is 1.83 bits per heavy atom.